The van der Waals surface area contributed by atoms with Crippen LogP contribution in [0.5, 0.6) is 0 Å². The molecule has 2 aromatic rings. The Morgan fingerprint density at radius 2 is 2.05 bits per heavy atom. The maximum Gasteiger partial charge on any atom is 0.251 e. The van der Waals surface area contributed by atoms with E-state index in [1.807, 2.05) is 6.07 Å². The maximum atomic E-state index is 12.1. The number of aromatic nitrogens is 1. The Bertz CT molecular complexity index is 670. The largest absolute Gasteiger partial charge is 0.619 e. The summed E-state index contributed by atoms with van der Waals surface area (Å²) in [4.78, 5) is 14.4. The SMILES string of the molecule is CC(CNC(=O)c1cc[n+]([O-])cc1)N1CCc2ccccc21. The normalized spacial score (nSPS) is 14.5. The Morgan fingerprint density at radius 1 is 1.32 bits per heavy atom. The van der Waals surface area contributed by atoms with E-state index in [2.05, 4.69) is 35.3 Å². The summed E-state index contributed by atoms with van der Waals surface area (Å²) in [5, 5.41) is 13.9. The molecule has 1 aliphatic heterocycles. The average Bonchev–Trinajstić information content (AvgIpc) is 2.97. The zero-order valence-corrected chi connectivity index (χ0v) is 12.5. The third-order valence-electron chi connectivity index (χ3n) is 4.08. The lowest BCUT2D eigenvalue weighted by Gasteiger charge is -2.27. The molecule has 22 heavy (non-hydrogen) atoms. The molecule has 0 saturated carbocycles. The summed E-state index contributed by atoms with van der Waals surface area (Å²) in [6.07, 6.45) is 3.71. The van der Waals surface area contributed by atoms with Crippen LogP contribution in [-0.2, 0) is 6.42 Å². The molecule has 1 aromatic heterocycles. The van der Waals surface area contributed by atoms with Gasteiger partial charge in [-0.05, 0) is 25.0 Å². The number of nitrogens with one attached hydrogen (secondary N) is 1. The Hall–Kier alpha value is -2.56. The predicted molar refractivity (Wildman–Crippen MR) is 84.7 cm³/mol. The lowest BCUT2D eigenvalue weighted by Crippen LogP contribution is -2.41. The fourth-order valence-electron chi connectivity index (χ4n) is 2.84. The molecule has 5 nitrogen and oxygen atoms in total. The third-order valence-corrected chi connectivity index (χ3v) is 4.08. The molecule has 0 aliphatic carbocycles. The smallest absolute Gasteiger partial charge is 0.251 e. The summed E-state index contributed by atoms with van der Waals surface area (Å²) in [6.45, 7) is 3.66. The minimum Gasteiger partial charge on any atom is -0.619 e. The fraction of sp³-hybridized carbons (Fsp3) is 0.294. The first-order valence-electron chi connectivity index (χ1n) is 7.47. The van der Waals surface area contributed by atoms with E-state index in [0.717, 1.165) is 13.0 Å². The lowest BCUT2D eigenvalue weighted by molar-refractivity contribution is -0.605. The van der Waals surface area contributed by atoms with Gasteiger partial charge in [0.1, 0.15) is 0 Å². The molecule has 0 bridgehead atoms. The summed E-state index contributed by atoms with van der Waals surface area (Å²) < 4.78 is 0.667. The monoisotopic (exact) mass is 297 g/mol. The van der Waals surface area contributed by atoms with Gasteiger partial charge in [0.2, 0.25) is 0 Å². The van der Waals surface area contributed by atoms with Crippen molar-refractivity contribution in [1.82, 2.24) is 5.32 Å². The van der Waals surface area contributed by atoms with Crippen LogP contribution < -0.4 is 14.9 Å². The molecule has 1 aromatic carbocycles. The first-order valence-corrected chi connectivity index (χ1v) is 7.47. The zero-order valence-electron chi connectivity index (χ0n) is 12.5. The van der Waals surface area contributed by atoms with E-state index in [0.29, 0.717) is 16.8 Å². The van der Waals surface area contributed by atoms with Crippen LogP contribution in [0.15, 0.2) is 48.8 Å². The number of carbonyl (C=O) groups excluding carboxylic acids is 1. The Balaban J connectivity index is 1.60. The Labute approximate surface area is 129 Å². The van der Waals surface area contributed by atoms with Crippen molar-refractivity contribution in [3.8, 4) is 0 Å². The van der Waals surface area contributed by atoms with Gasteiger partial charge in [0.25, 0.3) is 5.91 Å². The van der Waals surface area contributed by atoms with Crippen LogP contribution in [0.4, 0.5) is 5.69 Å². The molecule has 1 amide bonds. The van der Waals surface area contributed by atoms with Crippen LogP contribution in [0.1, 0.15) is 22.8 Å². The summed E-state index contributed by atoms with van der Waals surface area (Å²) >= 11 is 0. The number of anilines is 1. The zero-order chi connectivity index (χ0) is 15.5. The second-order valence-corrected chi connectivity index (χ2v) is 5.58. The fourth-order valence-corrected chi connectivity index (χ4v) is 2.84. The number of para-hydroxylation sites is 1. The van der Waals surface area contributed by atoms with E-state index in [4.69, 9.17) is 0 Å². The summed E-state index contributed by atoms with van der Waals surface area (Å²) in [5.74, 6) is -0.153. The minimum atomic E-state index is -0.153. The molecular formula is C17H19N3O2. The number of hydrogen-bond donors (Lipinski definition) is 1. The number of carbonyl (C=O) groups is 1. The predicted octanol–water partition coefficient (Wildman–Crippen LogP) is 1.50. The van der Waals surface area contributed by atoms with Crippen molar-refractivity contribution in [2.24, 2.45) is 0 Å². The number of rotatable bonds is 4. The van der Waals surface area contributed by atoms with Crippen LogP contribution in [-0.4, -0.2) is 25.0 Å². The van der Waals surface area contributed by atoms with Crippen molar-refractivity contribution >= 4 is 11.6 Å². The summed E-state index contributed by atoms with van der Waals surface area (Å²) in [7, 11) is 0. The van der Waals surface area contributed by atoms with Gasteiger partial charge >= 0.3 is 0 Å². The molecular weight excluding hydrogens is 278 g/mol. The molecule has 1 unspecified atom stereocenters. The van der Waals surface area contributed by atoms with Gasteiger partial charge in [0, 0.05) is 37.0 Å². The highest BCUT2D eigenvalue weighted by atomic mass is 16.5. The quantitative estimate of drug-likeness (QED) is 0.687. The number of fused-ring (bicyclic) bond motifs is 1. The molecule has 114 valence electrons. The van der Waals surface area contributed by atoms with Crippen molar-refractivity contribution in [3.05, 3.63) is 65.1 Å². The topological polar surface area (TPSA) is 59.3 Å². The molecule has 0 saturated heterocycles. The number of hydrogen-bond acceptors (Lipinski definition) is 3. The number of benzene rings is 1. The van der Waals surface area contributed by atoms with Gasteiger partial charge in [-0.1, -0.05) is 18.2 Å². The average molecular weight is 297 g/mol. The molecule has 3 rings (SSSR count). The molecule has 1 atom stereocenters. The first-order chi connectivity index (χ1) is 10.6. The Kier molecular flexibility index (Phi) is 3.96. The van der Waals surface area contributed by atoms with Crippen LogP contribution in [0.25, 0.3) is 0 Å². The van der Waals surface area contributed by atoms with Gasteiger partial charge in [0.05, 0.1) is 5.56 Å². The van der Waals surface area contributed by atoms with Gasteiger partial charge in [-0.25, -0.2) is 0 Å². The highest BCUT2D eigenvalue weighted by molar-refractivity contribution is 5.93. The van der Waals surface area contributed by atoms with Gasteiger partial charge < -0.3 is 15.4 Å². The lowest BCUT2D eigenvalue weighted by atomic mass is 10.1. The van der Waals surface area contributed by atoms with Crippen LogP contribution in [0, 0.1) is 5.21 Å². The third kappa shape index (κ3) is 2.88. The highest BCUT2D eigenvalue weighted by Gasteiger charge is 2.23. The molecule has 0 fully saturated rings. The Morgan fingerprint density at radius 3 is 2.82 bits per heavy atom. The van der Waals surface area contributed by atoms with Crippen LogP contribution in [0.2, 0.25) is 0 Å². The van der Waals surface area contributed by atoms with E-state index in [9.17, 15) is 10.0 Å². The highest BCUT2D eigenvalue weighted by Crippen LogP contribution is 2.28. The number of pyridine rings is 1. The maximum absolute atomic E-state index is 12.1. The molecule has 5 heteroatoms. The standard InChI is InChI=1S/C17H19N3O2/c1-13(20-11-8-14-4-2-3-5-16(14)20)12-18-17(21)15-6-9-19(22)10-7-15/h2-7,9-10,13H,8,11-12H2,1H3,(H,18,21). The van der Waals surface area contributed by atoms with E-state index < -0.39 is 0 Å². The first kappa shape index (κ1) is 14.4. The van der Waals surface area contributed by atoms with E-state index in [1.54, 1.807) is 0 Å². The van der Waals surface area contributed by atoms with Gasteiger partial charge in [-0.15, -0.1) is 0 Å². The van der Waals surface area contributed by atoms with Crippen molar-refractivity contribution in [3.63, 3.8) is 0 Å². The number of nitrogens with zero attached hydrogens (tertiary/aromatic N) is 2. The molecule has 1 aliphatic rings. The van der Waals surface area contributed by atoms with Gasteiger partial charge in [0.15, 0.2) is 12.4 Å². The van der Waals surface area contributed by atoms with E-state index >= 15 is 0 Å². The molecule has 2 heterocycles. The van der Waals surface area contributed by atoms with E-state index in [1.165, 1.54) is 35.8 Å². The second-order valence-electron chi connectivity index (χ2n) is 5.58. The van der Waals surface area contributed by atoms with Gasteiger partial charge in [-0.2, -0.15) is 4.73 Å². The van der Waals surface area contributed by atoms with E-state index in [-0.39, 0.29) is 11.9 Å². The summed E-state index contributed by atoms with van der Waals surface area (Å²) in [6, 6.07) is 11.7. The van der Waals surface area contributed by atoms with Crippen molar-refractivity contribution in [2.75, 3.05) is 18.0 Å². The number of amides is 1. The van der Waals surface area contributed by atoms with Gasteiger partial charge in [-0.3, -0.25) is 4.79 Å². The minimum absolute atomic E-state index is 0.153. The molecule has 0 spiro atoms. The summed E-state index contributed by atoms with van der Waals surface area (Å²) in [5.41, 5.74) is 3.13. The van der Waals surface area contributed by atoms with Crippen molar-refractivity contribution < 1.29 is 9.52 Å². The van der Waals surface area contributed by atoms with Crippen molar-refractivity contribution in [2.45, 2.75) is 19.4 Å². The molecule has 0 radical (unpaired) electrons. The second kappa shape index (κ2) is 6.05. The van der Waals surface area contributed by atoms with Crippen molar-refractivity contribution in [1.29, 1.82) is 0 Å². The molecule has 1 N–H and O–H groups in total. The van der Waals surface area contributed by atoms with Crippen LogP contribution >= 0.6 is 0 Å². The van der Waals surface area contributed by atoms with Crippen LogP contribution in [0.3, 0.4) is 0 Å².